The normalized spacial score (nSPS) is 17.5. The average Bonchev–Trinajstić information content (AvgIpc) is 2.15. The summed E-state index contributed by atoms with van der Waals surface area (Å²) in [5.41, 5.74) is 5.76. The van der Waals surface area contributed by atoms with Crippen LogP contribution in [0.3, 0.4) is 0 Å². The molecule has 82 valence electrons. The first kappa shape index (κ1) is 14.2. The zero-order valence-corrected chi connectivity index (χ0v) is 11.8. The highest BCUT2D eigenvalue weighted by Gasteiger charge is 2.11. The quantitative estimate of drug-likeness (QED) is 0.447. The van der Waals surface area contributed by atoms with Crippen molar-refractivity contribution in [3.8, 4) is 0 Å². The average molecular weight is 376 g/mol. The largest absolute Gasteiger partial charge is 0.378 e. The van der Waals surface area contributed by atoms with Crippen LogP contribution in [0.5, 0.6) is 0 Å². The van der Waals surface area contributed by atoms with Crippen molar-refractivity contribution >= 4 is 45.9 Å². The van der Waals surface area contributed by atoms with E-state index in [1.165, 1.54) is 0 Å². The van der Waals surface area contributed by atoms with Crippen molar-refractivity contribution in [2.45, 2.75) is 0 Å². The van der Waals surface area contributed by atoms with Gasteiger partial charge >= 0.3 is 0 Å². The minimum atomic E-state index is 0. The van der Waals surface area contributed by atoms with Gasteiger partial charge in [-0.1, -0.05) is 22.5 Å². The third-order valence-electron chi connectivity index (χ3n) is 1.75. The predicted molar refractivity (Wildman–Crippen MR) is 72.4 cm³/mol. The van der Waals surface area contributed by atoms with Crippen molar-refractivity contribution in [3.05, 3.63) is 11.1 Å². The van der Waals surface area contributed by atoms with E-state index in [1.807, 2.05) is 4.90 Å². The molecule has 1 saturated heterocycles. The molecular weight excluding hydrogens is 361 g/mol. The summed E-state index contributed by atoms with van der Waals surface area (Å²) in [7, 11) is 0. The SMILES string of the molecule is C=C(Br)CN=C(N)N1CCOCC1.I. The number of rotatable bonds is 2. The molecule has 0 aromatic carbocycles. The lowest BCUT2D eigenvalue weighted by Crippen LogP contribution is -2.44. The Balaban J connectivity index is 0.00000169. The number of aliphatic imine (C=N–C) groups is 1. The van der Waals surface area contributed by atoms with Crippen LogP contribution in [0.1, 0.15) is 0 Å². The van der Waals surface area contributed by atoms with E-state index in [4.69, 9.17) is 10.5 Å². The van der Waals surface area contributed by atoms with Gasteiger partial charge in [-0.05, 0) is 0 Å². The fourth-order valence-corrected chi connectivity index (χ4v) is 1.18. The van der Waals surface area contributed by atoms with Crippen molar-refractivity contribution in [3.63, 3.8) is 0 Å². The Hall–Kier alpha value is 0.180. The summed E-state index contributed by atoms with van der Waals surface area (Å²) in [5.74, 6) is 0.573. The molecule has 0 spiro atoms. The number of morpholine rings is 1. The van der Waals surface area contributed by atoms with Gasteiger partial charge in [0.2, 0.25) is 0 Å². The van der Waals surface area contributed by atoms with Crippen molar-refractivity contribution in [2.24, 2.45) is 10.7 Å². The standard InChI is InChI=1S/C8H14BrN3O.HI/c1-7(9)6-11-8(10)12-2-4-13-5-3-12;/h1-6H2,(H2,10,11);1H. The Morgan fingerprint density at radius 1 is 1.50 bits per heavy atom. The highest BCUT2D eigenvalue weighted by molar-refractivity contribution is 14.0. The van der Waals surface area contributed by atoms with Gasteiger partial charge in [-0.3, -0.25) is 0 Å². The second-order valence-corrected chi connectivity index (χ2v) is 3.91. The lowest BCUT2D eigenvalue weighted by Gasteiger charge is -2.27. The number of ether oxygens (including phenoxy) is 1. The van der Waals surface area contributed by atoms with Crippen LogP contribution >= 0.6 is 39.9 Å². The summed E-state index contributed by atoms with van der Waals surface area (Å²) in [6, 6.07) is 0. The number of nitrogens with two attached hydrogens (primary N) is 1. The van der Waals surface area contributed by atoms with Crippen LogP contribution in [0, 0.1) is 0 Å². The molecular formula is C8H15BrIN3O. The summed E-state index contributed by atoms with van der Waals surface area (Å²) >= 11 is 3.23. The second kappa shape index (κ2) is 7.47. The van der Waals surface area contributed by atoms with Crippen LogP contribution in [0.2, 0.25) is 0 Å². The molecule has 0 radical (unpaired) electrons. The van der Waals surface area contributed by atoms with Crippen LogP contribution in [0.25, 0.3) is 0 Å². The summed E-state index contributed by atoms with van der Waals surface area (Å²) < 4.78 is 6.03. The Labute approximate surface area is 110 Å². The van der Waals surface area contributed by atoms with Crippen LogP contribution in [-0.4, -0.2) is 43.7 Å². The van der Waals surface area contributed by atoms with Gasteiger partial charge in [-0.2, -0.15) is 0 Å². The molecule has 0 atom stereocenters. The molecule has 0 aliphatic carbocycles. The van der Waals surface area contributed by atoms with E-state index < -0.39 is 0 Å². The Morgan fingerprint density at radius 2 is 2.07 bits per heavy atom. The zero-order valence-electron chi connectivity index (χ0n) is 7.91. The van der Waals surface area contributed by atoms with Gasteiger partial charge in [0.05, 0.1) is 19.8 Å². The summed E-state index contributed by atoms with van der Waals surface area (Å²) in [6.45, 7) is 7.32. The smallest absolute Gasteiger partial charge is 0.191 e. The molecule has 0 aromatic rings. The molecule has 2 N–H and O–H groups in total. The predicted octanol–water partition coefficient (Wildman–Crippen LogP) is 1.16. The van der Waals surface area contributed by atoms with Crippen molar-refractivity contribution in [1.82, 2.24) is 4.90 Å². The fourth-order valence-electron chi connectivity index (χ4n) is 1.06. The molecule has 0 unspecified atom stereocenters. The first-order valence-electron chi connectivity index (χ1n) is 4.16. The molecule has 1 fully saturated rings. The molecule has 14 heavy (non-hydrogen) atoms. The van der Waals surface area contributed by atoms with E-state index >= 15 is 0 Å². The van der Waals surface area contributed by atoms with Crippen LogP contribution in [-0.2, 0) is 4.74 Å². The van der Waals surface area contributed by atoms with Crippen molar-refractivity contribution in [2.75, 3.05) is 32.8 Å². The molecule has 1 aliphatic heterocycles. The fraction of sp³-hybridized carbons (Fsp3) is 0.625. The Bertz CT molecular complexity index is 217. The van der Waals surface area contributed by atoms with E-state index in [9.17, 15) is 0 Å². The number of hydrogen-bond acceptors (Lipinski definition) is 2. The highest BCUT2D eigenvalue weighted by Crippen LogP contribution is 2.01. The lowest BCUT2D eigenvalue weighted by atomic mass is 10.4. The number of guanidine groups is 1. The molecule has 0 amide bonds. The molecule has 0 aromatic heterocycles. The second-order valence-electron chi connectivity index (χ2n) is 2.79. The van der Waals surface area contributed by atoms with E-state index in [1.54, 1.807) is 0 Å². The maximum absolute atomic E-state index is 5.76. The van der Waals surface area contributed by atoms with Crippen LogP contribution < -0.4 is 5.73 Å². The first-order chi connectivity index (χ1) is 6.20. The molecule has 1 aliphatic rings. The summed E-state index contributed by atoms with van der Waals surface area (Å²) in [6.07, 6.45) is 0. The maximum atomic E-state index is 5.76. The van der Waals surface area contributed by atoms with Crippen molar-refractivity contribution < 1.29 is 4.74 Å². The van der Waals surface area contributed by atoms with E-state index in [2.05, 4.69) is 27.5 Å². The number of hydrogen-bond donors (Lipinski definition) is 1. The van der Waals surface area contributed by atoms with Gasteiger partial charge in [0.1, 0.15) is 0 Å². The van der Waals surface area contributed by atoms with E-state index in [0.29, 0.717) is 12.5 Å². The first-order valence-corrected chi connectivity index (χ1v) is 4.95. The minimum absolute atomic E-state index is 0. The molecule has 4 nitrogen and oxygen atoms in total. The van der Waals surface area contributed by atoms with Crippen LogP contribution in [0.4, 0.5) is 0 Å². The minimum Gasteiger partial charge on any atom is -0.378 e. The Morgan fingerprint density at radius 3 is 2.57 bits per heavy atom. The summed E-state index contributed by atoms with van der Waals surface area (Å²) in [5, 5.41) is 0. The topological polar surface area (TPSA) is 50.8 Å². The highest BCUT2D eigenvalue weighted by atomic mass is 127. The van der Waals surface area contributed by atoms with Gasteiger partial charge in [0, 0.05) is 17.6 Å². The number of halogens is 2. The molecule has 6 heteroatoms. The molecule has 1 heterocycles. The van der Waals surface area contributed by atoms with Crippen molar-refractivity contribution in [1.29, 1.82) is 0 Å². The number of nitrogens with zero attached hydrogens (tertiary/aromatic N) is 2. The summed E-state index contributed by atoms with van der Waals surface area (Å²) in [4.78, 5) is 6.18. The molecule has 0 bridgehead atoms. The third kappa shape index (κ3) is 5.16. The zero-order chi connectivity index (χ0) is 9.68. The van der Waals surface area contributed by atoms with E-state index in [0.717, 1.165) is 30.8 Å². The Kier molecular flexibility index (Phi) is 7.56. The maximum Gasteiger partial charge on any atom is 0.191 e. The van der Waals surface area contributed by atoms with Gasteiger partial charge in [-0.25, -0.2) is 4.99 Å². The van der Waals surface area contributed by atoms with Gasteiger partial charge in [-0.15, -0.1) is 24.0 Å². The molecule has 1 rings (SSSR count). The third-order valence-corrected chi connectivity index (χ3v) is 2.00. The van der Waals surface area contributed by atoms with Gasteiger partial charge in [0.25, 0.3) is 0 Å². The monoisotopic (exact) mass is 375 g/mol. The van der Waals surface area contributed by atoms with Gasteiger partial charge in [0.15, 0.2) is 5.96 Å². The lowest BCUT2D eigenvalue weighted by molar-refractivity contribution is 0.0674. The van der Waals surface area contributed by atoms with Gasteiger partial charge < -0.3 is 15.4 Å². The van der Waals surface area contributed by atoms with Crippen LogP contribution in [0.15, 0.2) is 16.1 Å². The molecule has 0 saturated carbocycles. The van der Waals surface area contributed by atoms with E-state index in [-0.39, 0.29) is 24.0 Å².